The van der Waals surface area contributed by atoms with Gasteiger partial charge in [-0.25, -0.2) is 9.59 Å². The molecule has 2 rings (SSSR count). The predicted octanol–water partition coefficient (Wildman–Crippen LogP) is 3.47. The van der Waals surface area contributed by atoms with Crippen molar-refractivity contribution in [2.75, 3.05) is 0 Å². The van der Waals surface area contributed by atoms with Crippen molar-refractivity contribution >= 4 is 11.9 Å². The van der Waals surface area contributed by atoms with E-state index in [-0.39, 0.29) is 6.10 Å². The monoisotopic (exact) mass is 284 g/mol. The van der Waals surface area contributed by atoms with Crippen molar-refractivity contribution in [1.82, 2.24) is 0 Å². The summed E-state index contributed by atoms with van der Waals surface area (Å²) < 4.78 is 10.3. The Hall–Kier alpha value is -2.62. The van der Waals surface area contributed by atoms with Crippen molar-refractivity contribution in [2.24, 2.45) is 0 Å². The smallest absolute Gasteiger partial charge is 0.343 e. The summed E-state index contributed by atoms with van der Waals surface area (Å²) in [4.78, 5) is 23.5. The number of carbonyl (C=O) groups is 2. The van der Waals surface area contributed by atoms with Crippen LogP contribution in [0.15, 0.2) is 54.6 Å². The lowest BCUT2D eigenvalue weighted by Crippen LogP contribution is -2.12. The van der Waals surface area contributed by atoms with Gasteiger partial charge in [-0.1, -0.05) is 18.2 Å². The summed E-state index contributed by atoms with van der Waals surface area (Å²) >= 11 is 0. The first-order chi connectivity index (χ1) is 10.1. The molecule has 0 bridgehead atoms. The van der Waals surface area contributed by atoms with E-state index in [0.29, 0.717) is 16.9 Å². The minimum absolute atomic E-state index is 0.173. The van der Waals surface area contributed by atoms with E-state index >= 15 is 0 Å². The highest BCUT2D eigenvalue weighted by molar-refractivity contribution is 5.92. The van der Waals surface area contributed by atoms with Gasteiger partial charge in [0.05, 0.1) is 17.2 Å². The molecule has 2 aromatic carbocycles. The zero-order valence-electron chi connectivity index (χ0n) is 11.9. The lowest BCUT2D eigenvalue weighted by molar-refractivity contribution is 0.0378. The summed E-state index contributed by atoms with van der Waals surface area (Å²) in [6.07, 6.45) is -0.173. The molecular weight excluding hydrogens is 268 g/mol. The van der Waals surface area contributed by atoms with E-state index in [9.17, 15) is 9.59 Å². The van der Waals surface area contributed by atoms with Crippen LogP contribution >= 0.6 is 0 Å². The third-order valence-electron chi connectivity index (χ3n) is 2.65. The molecule has 0 aliphatic rings. The minimum Gasteiger partial charge on any atom is -0.459 e. The lowest BCUT2D eigenvalue weighted by Gasteiger charge is -2.08. The fraction of sp³-hybridized carbons (Fsp3) is 0.176. The van der Waals surface area contributed by atoms with Gasteiger partial charge in [-0.3, -0.25) is 0 Å². The maximum atomic E-state index is 11.9. The molecule has 2 aromatic rings. The molecule has 21 heavy (non-hydrogen) atoms. The van der Waals surface area contributed by atoms with Gasteiger partial charge in [0.25, 0.3) is 0 Å². The number of ether oxygens (including phenoxy) is 2. The molecule has 4 heteroatoms. The predicted molar refractivity (Wildman–Crippen MR) is 78.4 cm³/mol. The lowest BCUT2D eigenvalue weighted by atomic mass is 10.2. The molecule has 0 saturated carbocycles. The van der Waals surface area contributed by atoms with Gasteiger partial charge in [-0.05, 0) is 50.2 Å². The zero-order chi connectivity index (χ0) is 15.2. The normalized spacial score (nSPS) is 10.2. The summed E-state index contributed by atoms with van der Waals surface area (Å²) in [5.41, 5.74) is 0.893. The topological polar surface area (TPSA) is 52.6 Å². The van der Waals surface area contributed by atoms with Crippen LogP contribution in [0.5, 0.6) is 5.75 Å². The van der Waals surface area contributed by atoms with Crippen LogP contribution in [0.2, 0.25) is 0 Å². The molecule has 0 fully saturated rings. The Labute approximate surface area is 123 Å². The van der Waals surface area contributed by atoms with Crippen LogP contribution < -0.4 is 4.74 Å². The molecule has 4 nitrogen and oxygen atoms in total. The molecule has 0 aromatic heterocycles. The summed E-state index contributed by atoms with van der Waals surface area (Å²) in [6, 6.07) is 15.0. The van der Waals surface area contributed by atoms with Crippen LogP contribution in [-0.4, -0.2) is 18.0 Å². The van der Waals surface area contributed by atoms with Gasteiger partial charge < -0.3 is 9.47 Å². The summed E-state index contributed by atoms with van der Waals surface area (Å²) in [5.74, 6) is -0.455. The third kappa shape index (κ3) is 4.18. The SMILES string of the molecule is CC(C)OC(=O)c1ccc(OC(=O)c2ccccc2)cc1. The summed E-state index contributed by atoms with van der Waals surface area (Å²) in [5, 5.41) is 0. The highest BCUT2D eigenvalue weighted by Gasteiger charge is 2.11. The van der Waals surface area contributed by atoms with Crippen molar-refractivity contribution in [3.05, 3.63) is 65.7 Å². The Bertz CT molecular complexity index is 615. The number of carbonyl (C=O) groups excluding carboxylic acids is 2. The fourth-order valence-corrected chi connectivity index (χ4v) is 1.68. The number of rotatable bonds is 4. The number of benzene rings is 2. The van der Waals surface area contributed by atoms with Gasteiger partial charge in [0.15, 0.2) is 0 Å². The minimum atomic E-state index is -0.437. The van der Waals surface area contributed by atoms with Crippen LogP contribution in [-0.2, 0) is 4.74 Å². The second kappa shape index (κ2) is 6.70. The Morgan fingerprint density at radius 1 is 0.810 bits per heavy atom. The van der Waals surface area contributed by atoms with Gasteiger partial charge in [0.2, 0.25) is 0 Å². The molecule has 108 valence electrons. The fourth-order valence-electron chi connectivity index (χ4n) is 1.68. The van der Waals surface area contributed by atoms with Crippen molar-refractivity contribution in [3.8, 4) is 5.75 Å². The van der Waals surface area contributed by atoms with Gasteiger partial charge in [0.1, 0.15) is 5.75 Å². The van der Waals surface area contributed by atoms with Crippen LogP contribution in [0.3, 0.4) is 0 Å². The molecule has 0 amide bonds. The molecule has 0 unspecified atom stereocenters. The van der Waals surface area contributed by atoms with E-state index in [1.165, 1.54) is 0 Å². The summed E-state index contributed by atoms with van der Waals surface area (Å²) in [7, 11) is 0. The molecular formula is C17H16O4. The largest absolute Gasteiger partial charge is 0.459 e. The number of esters is 2. The van der Waals surface area contributed by atoms with E-state index in [0.717, 1.165) is 0 Å². The quantitative estimate of drug-likeness (QED) is 0.637. The second-order valence-corrected chi connectivity index (χ2v) is 4.73. The van der Waals surface area contributed by atoms with Crippen molar-refractivity contribution in [2.45, 2.75) is 20.0 Å². The number of hydrogen-bond donors (Lipinski definition) is 0. The van der Waals surface area contributed by atoms with Crippen LogP contribution in [0.1, 0.15) is 34.6 Å². The molecule has 0 atom stereocenters. The van der Waals surface area contributed by atoms with Gasteiger partial charge in [-0.15, -0.1) is 0 Å². The average molecular weight is 284 g/mol. The van der Waals surface area contributed by atoms with Crippen molar-refractivity contribution < 1.29 is 19.1 Å². The molecule has 0 spiro atoms. The maximum absolute atomic E-state index is 11.9. The second-order valence-electron chi connectivity index (χ2n) is 4.73. The first-order valence-corrected chi connectivity index (χ1v) is 6.64. The molecule has 0 heterocycles. The first kappa shape index (κ1) is 14.8. The van der Waals surface area contributed by atoms with Crippen LogP contribution in [0, 0.1) is 0 Å². The highest BCUT2D eigenvalue weighted by Crippen LogP contribution is 2.15. The number of hydrogen-bond acceptors (Lipinski definition) is 4. The van der Waals surface area contributed by atoms with Gasteiger partial charge >= 0.3 is 11.9 Å². The van der Waals surface area contributed by atoms with Crippen LogP contribution in [0.4, 0.5) is 0 Å². The first-order valence-electron chi connectivity index (χ1n) is 6.64. The van der Waals surface area contributed by atoms with Gasteiger partial charge in [0, 0.05) is 0 Å². The van der Waals surface area contributed by atoms with Gasteiger partial charge in [-0.2, -0.15) is 0 Å². The Balaban J connectivity index is 2.03. The van der Waals surface area contributed by atoms with E-state index in [1.807, 2.05) is 6.07 Å². The van der Waals surface area contributed by atoms with Crippen molar-refractivity contribution in [1.29, 1.82) is 0 Å². The van der Waals surface area contributed by atoms with E-state index in [2.05, 4.69) is 0 Å². The van der Waals surface area contributed by atoms with E-state index < -0.39 is 11.9 Å². The molecule has 0 radical (unpaired) electrons. The van der Waals surface area contributed by atoms with Crippen LogP contribution in [0.25, 0.3) is 0 Å². The highest BCUT2D eigenvalue weighted by atomic mass is 16.5. The Morgan fingerprint density at radius 2 is 1.38 bits per heavy atom. The Kier molecular flexibility index (Phi) is 4.72. The average Bonchev–Trinajstić information content (AvgIpc) is 2.48. The molecule has 0 N–H and O–H groups in total. The zero-order valence-corrected chi connectivity index (χ0v) is 11.9. The molecule has 0 aliphatic heterocycles. The maximum Gasteiger partial charge on any atom is 0.343 e. The van der Waals surface area contributed by atoms with E-state index in [1.54, 1.807) is 62.4 Å². The van der Waals surface area contributed by atoms with Crippen molar-refractivity contribution in [3.63, 3.8) is 0 Å². The molecule has 0 aliphatic carbocycles. The third-order valence-corrected chi connectivity index (χ3v) is 2.65. The molecule has 0 saturated heterocycles. The van der Waals surface area contributed by atoms with E-state index in [4.69, 9.17) is 9.47 Å². The summed E-state index contributed by atoms with van der Waals surface area (Å²) in [6.45, 7) is 3.57. The Morgan fingerprint density at radius 3 is 1.95 bits per heavy atom. The standard InChI is InChI=1S/C17H16O4/c1-12(2)20-16(18)14-8-10-15(11-9-14)21-17(19)13-6-4-3-5-7-13/h3-12H,1-2H3.